The van der Waals surface area contributed by atoms with Crippen molar-refractivity contribution in [3.63, 3.8) is 0 Å². The molecule has 1 fully saturated rings. The first kappa shape index (κ1) is 22.2. The summed E-state index contributed by atoms with van der Waals surface area (Å²) in [6.07, 6.45) is -0.130. The highest BCUT2D eigenvalue weighted by atomic mass is 32.1. The number of aromatic nitrogens is 1. The Balaban J connectivity index is 1.72. The van der Waals surface area contributed by atoms with Crippen LogP contribution in [0.1, 0.15) is 21.7 Å². The zero-order valence-corrected chi connectivity index (χ0v) is 19.0. The Morgan fingerprint density at radius 2 is 1.88 bits per heavy atom. The normalized spacial score (nSPS) is 15.8. The minimum atomic E-state index is -0.804. The van der Waals surface area contributed by atoms with Gasteiger partial charge in [-0.15, -0.1) is 11.3 Å². The second-order valence-corrected chi connectivity index (χ2v) is 9.31. The molecule has 3 heterocycles. The van der Waals surface area contributed by atoms with Gasteiger partial charge in [0.2, 0.25) is 0 Å². The number of amides is 1. The maximum absolute atomic E-state index is 14.5. The summed E-state index contributed by atoms with van der Waals surface area (Å²) in [5, 5.41) is 13.4. The topological polar surface area (TPSA) is 74.6 Å². The number of nitrogens with zero attached hydrogens (tertiary/aromatic N) is 2. The number of pyridine rings is 1. The van der Waals surface area contributed by atoms with E-state index >= 15 is 0 Å². The number of carbonyl (C=O) groups excluding carboxylic acids is 1. The predicted molar refractivity (Wildman–Crippen MR) is 128 cm³/mol. The molecule has 1 amide bonds. The van der Waals surface area contributed by atoms with Gasteiger partial charge in [-0.05, 0) is 43.7 Å². The molecule has 0 saturated carbocycles. The number of thiophene rings is 1. The van der Waals surface area contributed by atoms with Gasteiger partial charge in [0.25, 0.3) is 11.5 Å². The molecule has 0 aliphatic carbocycles. The van der Waals surface area contributed by atoms with E-state index in [1.165, 1.54) is 21.6 Å². The maximum atomic E-state index is 14.5. The van der Waals surface area contributed by atoms with Crippen LogP contribution in [0.2, 0.25) is 0 Å². The lowest BCUT2D eigenvalue weighted by Gasteiger charge is -2.16. The number of nitrogens with one attached hydrogen (secondary N) is 1. The van der Waals surface area contributed by atoms with Crippen LogP contribution in [-0.4, -0.2) is 39.7 Å². The van der Waals surface area contributed by atoms with E-state index in [-0.39, 0.29) is 28.6 Å². The second kappa shape index (κ2) is 8.66. The number of rotatable bonds is 4. The van der Waals surface area contributed by atoms with Gasteiger partial charge in [0.15, 0.2) is 0 Å². The molecule has 1 aliphatic heterocycles. The molecule has 1 aliphatic rings. The molecule has 2 N–H and O–H groups in total. The fourth-order valence-electron chi connectivity index (χ4n) is 4.09. The largest absolute Gasteiger partial charge is 0.391 e. The molecule has 0 unspecified atom stereocenters. The van der Waals surface area contributed by atoms with Crippen molar-refractivity contribution in [1.29, 1.82) is 0 Å². The summed E-state index contributed by atoms with van der Waals surface area (Å²) in [5.41, 5.74) is 1.74. The number of aliphatic hydroxyl groups is 1. The maximum Gasteiger partial charge on any atom is 0.266 e. The molecule has 2 aromatic carbocycles. The standard InChI is InChI=1S/C25H21F2N3O3S/c1-14-2-5-16(6-3-14)30-21(32)9-7-18-22(28-20-8-4-15(26)12-19(20)27)23(34-25(18)30)24(33)29-11-10-17(31)13-29/h2-9,12,17,28,31H,10-11,13H2,1H3/t17-/m1/s1. The van der Waals surface area contributed by atoms with Gasteiger partial charge in [-0.25, -0.2) is 8.78 Å². The summed E-state index contributed by atoms with van der Waals surface area (Å²) in [7, 11) is 0. The SMILES string of the molecule is Cc1ccc(-n2c(=O)ccc3c(Nc4ccc(F)cc4F)c(C(=O)N4CC[C@@H](O)C4)sc32)cc1. The number of aryl methyl sites for hydroxylation is 1. The summed E-state index contributed by atoms with van der Waals surface area (Å²) >= 11 is 1.12. The highest BCUT2D eigenvalue weighted by Gasteiger charge is 2.30. The molecule has 0 radical (unpaired) electrons. The van der Waals surface area contributed by atoms with Crippen LogP contribution in [0.15, 0.2) is 59.4 Å². The van der Waals surface area contributed by atoms with Gasteiger partial charge in [-0.2, -0.15) is 0 Å². The summed E-state index contributed by atoms with van der Waals surface area (Å²) in [4.78, 5) is 28.6. The number of hydrogen-bond donors (Lipinski definition) is 2. The average molecular weight is 482 g/mol. The number of benzene rings is 2. The molecule has 2 aromatic heterocycles. The van der Waals surface area contributed by atoms with Crippen LogP contribution in [0.5, 0.6) is 0 Å². The number of anilines is 2. The van der Waals surface area contributed by atoms with Crippen LogP contribution in [0.25, 0.3) is 15.9 Å². The van der Waals surface area contributed by atoms with E-state index in [0.717, 1.165) is 29.0 Å². The van der Waals surface area contributed by atoms with E-state index < -0.39 is 17.7 Å². The Kier molecular flexibility index (Phi) is 5.66. The fourth-order valence-corrected chi connectivity index (χ4v) is 5.33. The molecule has 4 aromatic rings. The predicted octanol–water partition coefficient (Wildman–Crippen LogP) is 4.59. The van der Waals surface area contributed by atoms with E-state index in [1.807, 2.05) is 31.2 Å². The Morgan fingerprint density at radius 3 is 2.56 bits per heavy atom. The van der Waals surface area contributed by atoms with E-state index in [1.54, 1.807) is 6.07 Å². The summed E-state index contributed by atoms with van der Waals surface area (Å²) in [6.45, 7) is 2.53. The van der Waals surface area contributed by atoms with Crippen molar-refractivity contribution in [1.82, 2.24) is 9.47 Å². The molecule has 1 atom stereocenters. The highest BCUT2D eigenvalue weighted by Crippen LogP contribution is 2.39. The van der Waals surface area contributed by atoms with Gasteiger partial charge in [0.1, 0.15) is 21.3 Å². The summed E-state index contributed by atoms with van der Waals surface area (Å²) < 4.78 is 29.5. The third kappa shape index (κ3) is 3.97. The number of carbonyl (C=O) groups is 1. The average Bonchev–Trinajstić information content (AvgIpc) is 3.40. The van der Waals surface area contributed by atoms with Crippen LogP contribution in [-0.2, 0) is 0 Å². The lowest BCUT2D eigenvalue weighted by Crippen LogP contribution is -2.29. The molecule has 5 rings (SSSR count). The molecule has 0 bridgehead atoms. The van der Waals surface area contributed by atoms with Crippen molar-refractivity contribution >= 4 is 38.8 Å². The lowest BCUT2D eigenvalue weighted by molar-refractivity contribution is 0.0770. The van der Waals surface area contributed by atoms with Gasteiger partial charge < -0.3 is 15.3 Å². The zero-order chi connectivity index (χ0) is 24.0. The smallest absolute Gasteiger partial charge is 0.266 e. The van der Waals surface area contributed by atoms with Gasteiger partial charge in [0.05, 0.1) is 23.2 Å². The second-order valence-electron chi connectivity index (χ2n) is 8.31. The summed E-state index contributed by atoms with van der Waals surface area (Å²) in [5.74, 6) is -1.85. The zero-order valence-electron chi connectivity index (χ0n) is 18.2. The number of β-amino-alcohol motifs (C(OH)–C–C–N with tert-alkyl or cyclic N) is 1. The van der Waals surface area contributed by atoms with Crippen LogP contribution < -0.4 is 10.9 Å². The molecule has 174 valence electrons. The fraction of sp³-hybridized carbons (Fsp3) is 0.200. The van der Waals surface area contributed by atoms with E-state index in [4.69, 9.17) is 0 Å². The lowest BCUT2D eigenvalue weighted by atomic mass is 10.2. The van der Waals surface area contributed by atoms with Crippen LogP contribution in [0.4, 0.5) is 20.2 Å². The van der Waals surface area contributed by atoms with Gasteiger partial charge in [-0.1, -0.05) is 17.7 Å². The molecule has 9 heteroatoms. The van der Waals surface area contributed by atoms with E-state index in [0.29, 0.717) is 34.6 Å². The first-order chi connectivity index (χ1) is 16.3. The molecule has 34 heavy (non-hydrogen) atoms. The van der Waals surface area contributed by atoms with Crippen LogP contribution in [0, 0.1) is 18.6 Å². The van der Waals surface area contributed by atoms with Gasteiger partial charge in [-0.3, -0.25) is 14.2 Å². The Labute approximate surface area is 197 Å². The van der Waals surface area contributed by atoms with Crippen molar-refractivity contribution in [2.45, 2.75) is 19.4 Å². The van der Waals surface area contributed by atoms with Crippen molar-refractivity contribution in [2.24, 2.45) is 0 Å². The number of fused-ring (bicyclic) bond motifs is 1. The molecule has 1 saturated heterocycles. The summed E-state index contributed by atoms with van der Waals surface area (Å²) in [6, 6.07) is 13.6. The van der Waals surface area contributed by atoms with Crippen LogP contribution >= 0.6 is 11.3 Å². The number of hydrogen-bond acceptors (Lipinski definition) is 5. The first-order valence-electron chi connectivity index (χ1n) is 10.8. The Morgan fingerprint density at radius 1 is 1.12 bits per heavy atom. The third-order valence-corrected chi connectivity index (χ3v) is 7.05. The van der Waals surface area contributed by atoms with Crippen molar-refractivity contribution in [2.75, 3.05) is 18.4 Å². The Hall–Kier alpha value is -3.56. The van der Waals surface area contributed by atoms with Gasteiger partial charge >= 0.3 is 0 Å². The van der Waals surface area contributed by atoms with E-state index in [9.17, 15) is 23.5 Å². The highest BCUT2D eigenvalue weighted by molar-refractivity contribution is 7.21. The number of halogens is 2. The number of aliphatic hydroxyl groups excluding tert-OH is 1. The van der Waals surface area contributed by atoms with Crippen molar-refractivity contribution < 1.29 is 18.7 Å². The van der Waals surface area contributed by atoms with E-state index in [2.05, 4.69) is 5.32 Å². The molecule has 0 spiro atoms. The third-order valence-electron chi connectivity index (χ3n) is 5.87. The molecular weight excluding hydrogens is 460 g/mol. The molecule has 6 nitrogen and oxygen atoms in total. The van der Waals surface area contributed by atoms with Crippen LogP contribution in [0.3, 0.4) is 0 Å². The quantitative estimate of drug-likeness (QED) is 0.447. The molecular formula is C25H21F2N3O3S. The monoisotopic (exact) mass is 481 g/mol. The van der Waals surface area contributed by atoms with Crippen molar-refractivity contribution in [3.05, 3.63) is 87.0 Å². The van der Waals surface area contributed by atoms with Crippen molar-refractivity contribution in [3.8, 4) is 5.69 Å². The Bertz CT molecular complexity index is 1460. The first-order valence-corrected chi connectivity index (χ1v) is 11.6. The minimum Gasteiger partial charge on any atom is -0.391 e. The minimum absolute atomic E-state index is 0.00434. The van der Waals surface area contributed by atoms with Gasteiger partial charge in [0, 0.05) is 30.6 Å². The number of likely N-dealkylation sites (tertiary alicyclic amines) is 1.